The second kappa shape index (κ2) is 4.86. The number of hydrogen-bond acceptors (Lipinski definition) is 3. The molecule has 0 N–H and O–H groups in total. The van der Waals surface area contributed by atoms with E-state index in [1.54, 1.807) is 23.6 Å². The SMILES string of the molecule is C[C@@H]1CCc2cc(F)ccc2N1S(=O)(=O)c1cccs1. The van der Waals surface area contributed by atoms with Crippen LogP contribution in [-0.4, -0.2) is 14.5 Å². The third-order valence-electron chi connectivity index (χ3n) is 3.52. The van der Waals surface area contributed by atoms with Crippen LogP contribution in [0.5, 0.6) is 0 Å². The summed E-state index contributed by atoms with van der Waals surface area (Å²) in [7, 11) is -3.56. The molecular weight excluding hydrogens is 297 g/mol. The Morgan fingerprint density at radius 1 is 1.35 bits per heavy atom. The van der Waals surface area contributed by atoms with Gasteiger partial charge >= 0.3 is 0 Å². The molecule has 0 fully saturated rings. The minimum Gasteiger partial charge on any atom is -0.263 e. The monoisotopic (exact) mass is 311 g/mol. The molecule has 3 nitrogen and oxygen atoms in total. The highest BCUT2D eigenvalue weighted by Gasteiger charge is 2.34. The quantitative estimate of drug-likeness (QED) is 0.852. The standard InChI is InChI=1S/C14H14FNO2S2/c1-10-4-5-11-9-12(15)6-7-13(11)16(10)20(17,18)14-3-2-8-19-14/h2-3,6-10H,4-5H2,1H3/t10-/m1/s1. The number of benzene rings is 1. The molecule has 1 aromatic carbocycles. The lowest BCUT2D eigenvalue weighted by Crippen LogP contribution is -2.41. The van der Waals surface area contributed by atoms with Gasteiger partial charge in [0.25, 0.3) is 10.0 Å². The highest BCUT2D eigenvalue weighted by molar-refractivity contribution is 7.94. The normalized spacial score (nSPS) is 18.9. The number of anilines is 1. The summed E-state index contributed by atoms with van der Waals surface area (Å²) in [5, 5.41) is 1.74. The predicted molar refractivity (Wildman–Crippen MR) is 78.2 cm³/mol. The van der Waals surface area contributed by atoms with Crippen molar-refractivity contribution >= 4 is 27.0 Å². The van der Waals surface area contributed by atoms with Crippen LogP contribution in [0, 0.1) is 5.82 Å². The van der Waals surface area contributed by atoms with Crippen LogP contribution in [-0.2, 0) is 16.4 Å². The summed E-state index contributed by atoms with van der Waals surface area (Å²) < 4.78 is 40.6. The highest BCUT2D eigenvalue weighted by atomic mass is 32.2. The second-order valence-electron chi connectivity index (χ2n) is 4.89. The summed E-state index contributed by atoms with van der Waals surface area (Å²) in [6.45, 7) is 1.89. The minimum atomic E-state index is -3.56. The van der Waals surface area contributed by atoms with Gasteiger partial charge in [-0.05, 0) is 55.0 Å². The molecule has 1 aliphatic rings. The van der Waals surface area contributed by atoms with Gasteiger partial charge in [-0.3, -0.25) is 4.31 Å². The largest absolute Gasteiger partial charge is 0.274 e. The summed E-state index contributed by atoms with van der Waals surface area (Å²) in [6.07, 6.45) is 1.39. The van der Waals surface area contributed by atoms with Gasteiger partial charge in [0.1, 0.15) is 10.0 Å². The molecule has 6 heteroatoms. The molecule has 0 amide bonds. The van der Waals surface area contributed by atoms with Gasteiger partial charge in [0.05, 0.1) is 5.69 Å². The van der Waals surface area contributed by atoms with E-state index in [0.717, 1.165) is 5.56 Å². The lowest BCUT2D eigenvalue weighted by Gasteiger charge is -2.35. The number of sulfonamides is 1. The smallest absolute Gasteiger partial charge is 0.263 e. The van der Waals surface area contributed by atoms with E-state index in [1.165, 1.54) is 27.8 Å². The number of aryl methyl sites for hydroxylation is 1. The van der Waals surface area contributed by atoms with Crippen molar-refractivity contribution in [1.29, 1.82) is 0 Å². The van der Waals surface area contributed by atoms with Crippen molar-refractivity contribution in [2.75, 3.05) is 4.31 Å². The number of fused-ring (bicyclic) bond motifs is 1. The van der Waals surface area contributed by atoms with Gasteiger partial charge in [0.15, 0.2) is 0 Å². The highest BCUT2D eigenvalue weighted by Crippen LogP contribution is 2.36. The van der Waals surface area contributed by atoms with Crippen LogP contribution < -0.4 is 4.31 Å². The molecule has 2 heterocycles. The first-order valence-electron chi connectivity index (χ1n) is 6.36. The molecule has 20 heavy (non-hydrogen) atoms. The summed E-state index contributed by atoms with van der Waals surface area (Å²) in [5.74, 6) is -0.327. The molecule has 0 radical (unpaired) electrons. The Hall–Kier alpha value is -1.40. The van der Waals surface area contributed by atoms with Crippen LogP contribution in [0.15, 0.2) is 39.9 Å². The van der Waals surface area contributed by atoms with E-state index in [9.17, 15) is 12.8 Å². The first-order valence-corrected chi connectivity index (χ1v) is 8.68. The van der Waals surface area contributed by atoms with Crippen LogP contribution in [0.3, 0.4) is 0 Å². The van der Waals surface area contributed by atoms with E-state index in [-0.39, 0.29) is 11.9 Å². The molecule has 3 rings (SSSR count). The Morgan fingerprint density at radius 2 is 2.15 bits per heavy atom. The summed E-state index contributed by atoms with van der Waals surface area (Å²) >= 11 is 1.20. The van der Waals surface area contributed by atoms with Crippen molar-refractivity contribution in [3.05, 3.63) is 47.1 Å². The molecule has 0 saturated heterocycles. The third kappa shape index (κ3) is 2.13. The molecule has 0 unspecified atom stereocenters. The van der Waals surface area contributed by atoms with Gasteiger partial charge < -0.3 is 0 Å². The van der Waals surface area contributed by atoms with Crippen LogP contribution in [0.2, 0.25) is 0 Å². The second-order valence-corrected chi connectivity index (χ2v) is 7.88. The molecule has 1 atom stereocenters. The first-order chi connectivity index (χ1) is 9.50. The Kier molecular flexibility index (Phi) is 3.30. The van der Waals surface area contributed by atoms with Gasteiger partial charge in [0.2, 0.25) is 0 Å². The maximum Gasteiger partial charge on any atom is 0.274 e. The fourth-order valence-electron chi connectivity index (χ4n) is 2.56. The van der Waals surface area contributed by atoms with Crippen molar-refractivity contribution in [3.63, 3.8) is 0 Å². The molecule has 2 aromatic rings. The maximum atomic E-state index is 13.3. The molecule has 1 aliphatic heterocycles. The molecule has 0 bridgehead atoms. The fourth-order valence-corrected chi connectivity index (χ4v) is 5.36. The van der Waals surface area contributed by atoms with Crippen LogP contribution in [0.25, 0.3) is 0 Å². The van der Waals surface area contributed by atoms with Crippen LogP contribution in [0.1, 0.15) is 18.9 Å². The molecule has 0 saturated carbocycles. The average Bonchev–Trinajstić information content (AvgIpc) is 2.93. The number of rotatable bonds is 2. The van der Waals surface area contributed by atoms with E-state index >= 15 is 0 Å². The van der Waals surface area contributed by atoms with E-state index in [0.29, 0.717) is 22.7 Å². The number of nitrogens with zero attached hydrogens (tertiary/aromatic N) is 1. The molecule has 106 valence electrons. The van der Waals surface area contributed by atoms with Crippen molar-refractivity contribution < 1.29 is 12.8 Å². The van der Waals surface area contributed by atoms with Gasteiger partial charge in [-0.1, -0.05) is 6.07 Å². The molecule has 0 spiro atoms. The average molecular weight is 311 g/mol. The van der Waals surface area contributed by atoms with Gasteiger partial charge in [0, 0.05) is 6.04 Å². The lowest BCUT2D eigenvalue weighted by atomic mass is 9.99. The topological polar surface area (TPSA) is 37.4 Å². The Morgan fingerprint density at radius 3 is 2.85 bits per heavy atom. The van der Waals surface area contributed by atoms with E-state index in [2.05, 4.69) is 0 Å². The zero-order valence-corrected chi connectivity index (χ0v) is 12.5. The zero-order valence-electron chi connectivity index (χ0n) is 10.9. The predicted octanol–water partition coefficient (Wildman–Crippen LogP) is 3.42. The maximum absolute atomic E-state index is 13.3. The summed E-state index contributed by atoms with van der Waals surface area (Å²) in [5.41, 5.74) is 1.35. The van der Waals surface area contributed by atoms with Crippen LogP contribution in [0.4, 0.5) is 10.1 Å². The Labute approximate surface area is 121 Å². The summed E-state index contributed by atoms with van der Waals surface area (Å²) in [4.78, 5) is 0. The molecular formula is C14H14FNO2S2. The Balaban J connectivity index is 2.15. The lowest BCUT2D eigenvalue weighted by molar-refractivity contribution is 0.561. The minimum absolute atomic E-state index is 0.125. The number of thiophene rings is 1. The van der Waals surface area contributed by atoms with Gasteiger partial charge in [-0.15, -0.1) is 11.3 Å². The summed E-state index contributed by atoms with van der Waals surface area (Å²) in [6, 6.07) is 7.50. The Bertz CT molecular complexity index is 726. The van der Waals surface area contributed by atoms with Crippen molar-refractivity contribution in [3.8, 4) is 0 Å². The van der Waals surface area contributed by atoms with Crippen molar-refractivity contribution in [2.24, 2.45) is 0 Å². The van der Waals surface area contributed by atoms with E-state index in [1.807, 2.05) is 6.92 Å². The first kappa shape index (κ1) is 13.6. The molecule has 0 aliphatic carbocycles. The number of hydrogen-bond donors (Lipinski definition) is 0. The van der Waals surface area contributed by atoms with E-state index in [4.69, 9.17) is 0 Å². The fraction of sp³-hybridized carbons (Fsp3) is 0.286. The van der Waals surface area contributed by atoms with Gasteiger partial charge in [-0.2, -0.15) is 0 Å². The zero-order chi connectivity index (χ0) is 14.3. The van der Waals surface area contributed by atoms with Crippen molar-refractivity contribution in [2.45, 2.75) is 30.0 Å². The van der Waals surface area contributed by atoms with Crippen LogP contribution >= 0.6 is 11.3 Å². The van der Waals surface area contributed by atoms with Crippen molar-refractivity contribution in [1.82, 2.24) is 0 Å². The number of halogens is 1. The van der Waals surface area contributed by atoms with Gasteiger partial charge in [-0.25, -0.2) is 12.8 Å². The van der Waals surface area contributed by atoms with E-state index < -0.39 is 10.0 Å². The third-order valence-corrected chi connectivity index (χ3v) is 6.82. The molecule has 1 aromatic heterocycles.